The van der Waals surface area contributed by atoms with Gasteiger partial charge in [-0.3, -0.25) is 0 Å². The van der Waals surface area contributed by atoms with E-state index in [4.69, 9.17) is 27.7 Å². The first-order chi connectivity index (χ1) is 10.1. The SMILES string of the molecule is OC1CCC(c2nc(Cc3ccc(Cl)cc3Cl)no2)CC1. The minimum absolute atomic E-state index is 0.184. The van der Waals surface area contributed by atoms with Crippen LogP contribution in [0.25, 0.3) is 0 Å². The van der Waals surface area contributed by atoms with Gasteiger partial charge >= 0.3 is 0 Å². The molecule has 0 amide bonds. The lowest BCUT2D eigenvalue weighted by Gasteiger charge is -2.22. The van der Waals surface area contributed by atoms with Gasteiger partial charge in [-0.1, -0.05) is 34.4 Å². The smallest absolute Gasteiger partial charge is 0.229 e. The normalized spacial score (nSPS) is 22.4. The van der Waals surface area contributed by atoms with Crippen molar-refractivity contribution in [2.24, 2.45) is 0 Å². The Labute approximate surface area is 133 Å². The van der Waals surface area contributed by atoms with Crippen molar-refractivity contribution in [3.8, 4) is 0 Å². The zero-order valence-corrected chi connectivity index (χ0v) is 12.9. The lowest BCUT2D eigenvalue weighted by Crippen LogP contribution is -2.17. The Balaban J connectivity index is 1.70. The van der Waals surface area contributed by atoms with Gasteiger partial charge in [-0.2, -0.15) is 4.98 Å². The van der Waals surface area contributed by atoms with Gasteiger partial charge in [-0.05, 0) is 43.4 Å². The predicted molar refractivity (Wildman–Crippen MR) is 80.8 cm³/mol. The minimum atomic E-state index is -0.184. The molecule has 1 fully saturated rings. The number of halogens is 2. The van der Waals surface area contributed by atoms with E-state index in [9.17, 15) is 5.11 Å². The van der Waals surface area contributed by atoms with Crippen LogP contribution in [0.4, 0.5) is 0 Å². The monoisotopic (exact) mass is 326 g/mol. The van der Waals surface area contributed by atoms with Crippen molar-refractivity contribution in [1.82, 2.24) is 10.1 Å². The van der Waals surface area contributed by atoms with Crippen molar-refractivity contribution < 1.29 is 9.63 Å². The Bertz CT molecular complexity index is 622. The molecule has 6 heteroatoms. The second kappa shape index (κ2) is 6.34. The molecular weight excluding hydrogens is 311 g/mol. The van der Waals surface area contributed by atoms with E-state index in [1.807, 2.05) is 6.07 Å². The molecule has 0 bridgehead atoms. The summed E-state index contributed by atoms with van der Waals surface area (Å²) < 4.78 is 5.36. The third-order valence-corrected chi connectivity index (χ3v) is 4.48. The molecule has 0 saturated heterocycles. The Morgan fingerprint density at radius 3 is 2.67 bits per heavy atom. The molecule has 0 atom stereocenters. The molecule has 1 heterocycles. The van der Waals surface area contributed by atoms with Crippen LogP contribution in [0.15, 0.2) is 22.7 Å². The summed E-state index contributed by atoms with van der Waals surface area (Å²) in [5, 5.41) is 14.8. The summed E-state index contributed by atoms with van der Waals surface area (Å²) in [6, 6.07) is 5.38. The summed E-state index contributed by atoms with van der Waals surface area (Å²) in [7, 11) is 0. The lowest BCUT2D eigenvalue weighted by molar-refractivity contribution is 0.116. The predicted octanol–water partition coefficient (Wildman–Crippen LogP) is 3.99. The number of aliphatic hydroxyl groups excluding tert-OH is 1. The molecule has 0 aliphatic heterocycles. The van der Waals surface area contributed by atoms with Gasteiger partial charge in [0.2, 0.25) is 5.89 Å². The molecule has 1 aliphatic carbocycles. The number of hydrogen-bond donors (Lipinski definition) is 1. The highest BCUT2D eigenvalue weighted by Gasteiger charge is 2.25. The van der Waals surface area contributed by atoms with Crippen LogP contribution in [0, 0.1) is 0 Å². The molecule has 0 spiro atoms. The highest BCUT2D eigenvalue weighted by molar-refractivity contribution is 6.35. The van der Waals surface area contributed by atoms with Gasteiger partial charge in [0.05, 0.1) is 6.10 Å². The van der Waals surface area contributed by atoms with Crippen LogP contribution >= 0.6 is 23.2 Å². The number of benzene rings is 1. The fraction of sp³-hybridized carbons (Fsp3) is 0.467. The first-order valence-electron chi connectivity index (χ1n) is 7.06. The van der Waals surface area contributed by atoms with E-state index in [1.165, 1.54) is 0 Å². The van der Waals surface area contributed by atoms with Crippen LogP contribution in [0.3, 0.4) is 0 Å². The summed E-state index contributed by atoms with van der Waals surface area (Å²) >= 11 is 12.0. The molecule has 21 heavy (non-hydrogen) atoms. The molecule has 4 nitrogen and oxygen atoms in total. The van der Waals surface area contributed by atoms with Gasteiger partial charge in [-0.15, -0.1) is 0 Å². The van der Waals surface area contributed by atoms with Gasteiger partial charge in [0, 0.05) is 22.4 Å². The standard InChI is InChI=1S/C15H16Cl2N2O2/c16-11-4-1-10(13(17)8-11)7-14-18-15(21-19-14)9-2-5-12(20)6-3-9/h1,4,8-9,12,20H,2-3,5-7H2. The summed E-state index contributed by atoms with van der Waals surface area (Å²) in [5.74, 6) is 1.55. The topological polar surface area (TPSA) is 59.2 Å². The van der Waals surface area contributed by atoms with Gasteiger partial charge in [0.1, 0.15) is 0 Å². The summed E-state index contributed by atoms with van der Waals surface area (Å²) in [5.41, 5.74) is 0.924. The fourth-order valence-electron chi connectivity index (χ4n) is 2.66. The van der Waals surface area contributed by atoms with E-state index >= 15 is 0 Å². The van der Waals surface area contributed by atoms with Gasteiger partial charge in [-0.25, -0.2) is 0 Å². The molecule has 112 valence electrons. The lowest BCUT2D eigenvalue weighted by atomic mass is 9.87. The molecule has 1 aromatic carbocycles. The second-order valence-corrected chi connectivity index (χ2v) is 6.31. The molecule has 1 N–H and O–H groups in total. The van der Waals surface area contributed by atoms with Crippen molar-refractivity contribution in [1.29, 1.82) is 0 Å². The minimum Gasteiger partial charge on any atom is -0.393 e. The van der Waals surface area contributed by atoms with Crippen LogP contribution in [-0.4, -0.2) is 21.4 Å². The van der Waals surface area contributed by atoms with Gasteiger partial charge in [0.15, 0.2) is 5.82 Å². The number of aromatic nitrogens is 2. The maximum atomic E-state index is 9.53. The van der Waals surface area contributed by atoms with Crippen molar-refractivity contribution in [2.75, 3.05) is 0 Å². The number of rotatable bonds is 3. The molecule has 1 saturated carbocycles. The zero-order chi connectivity index (χ0) is 14.8. The van der Waals surface area contributed by atoms with Crippen molar-refractivity contribution in [3.63, 3.8) is 0 Å². The van der Waals surface area contributed by atoms with Crippen LogP contribution in [0.5, 0.6) is 0 Å². The third-order valence-electron chi connectivity index (χ3n) is 3.89. The third kappa shape index (κ3) is 3.57. The molecule has 1 aromatic heterocycles. The van der Waals surface area contributed by atoms with E-state index in [0.717, 1.165) is 31.2 Å². The highest BCUT2D eigenvalue weighted by Crippen LogP contribution is 2.32. The van der Waals surface area contributed by atoms with E-state index in [0.29, 0.717) is 28.2 Å². The van der Waals surface area contributed by atoms with Crippen molar-refractivity contribution >= 4 is 23.2 Å². The van der Waals surface area contributed by atoms with Crippen LogP contribution < -0.4 is 0 Å². The largest absolute Gasteiger partial charge is 0.393 e. The van der Waals surface area contributed by atoms with E-state index in [2.05, 4.69) is 10.1 Å². The molecule has 0 unspecified atom stereocenters. The van der Waals surface area contributed by atoms with E-state index in [1.54, 1.807) is 12.1 Å². The molecule has 0 radical (unpaired) electrons. The Kier molecular flexibility index (Phi) is 4.48. The Hall–Kier alpha value is -1.10. The summed E-state index contributed by atoms with van der Waals surface area (Å²) in [6.07, 6.45) is 3.72. The maximum absolute atomic E-state index is 9.53. The number of aliphatic hydroxyl groups is 1. The maximum Gasteiger partial charge on any atom is 0.229 e. The number of hydrogen-bond acceptors (Lipinski definition) is 4. The van der Waals surface area contributed by atoms with Crippen LogP contribution in [-0.2, 0) is 6.42 Å². The molecule has 3 rings (SSSR count). The fourth-order valence-corrected chi connectivity index (χ4v) is 3.14. The average Bonchev–Trinajstić information content (AvgIpc) is 2.91. The first kappa shape index (κ1) is 14.8. The molecule has 1 aliphatic rings. The van der Waals surface area contributed by atoms with Gasteiger partial charge in [0.25, 0.3) is 0 Å². The van der Waals surface area contributed by atoms with Crippen LogP contribution in [0.1, 0.15) is 48.9 Å². The van der Waals surface area contributed by atoms with Gasteiger partial charge < -0.3 is 9.63 Å². The quantitative estimate of drug-likeness (QED) is 0.926. The zero-order valence-electron chi connectivity index (χ0n) is 11.4. The number of nitrogens with zero attached hydrogens (tertiary/aromatic N) is 2. The van der Waals surface area contributed by atoms with E-state index < -0.39 is 0 Å². The first-order valence-corrected chi connectivity index (χ1v) is 7.82. The van der Waals surface area contributed by atoms with E-state index in [-0.39, 0.29) is 12.0 Å². The summed E-state index contributed by atoms with van der Waals surface area (Å²) in [4.78, 5) is 4.47. The Morgan fingerprint density at radius 2 is 1.95 bits per heavy atom. The molecular formula is C15H16Cl2N2O2. The highest BCUT2D eigenvalue weighted by atomic mass is 35.5. The second-order valence-electron chi connectivity index (χ2n) is 5.47. The molecule has 2 aromatic rings. The summed E-state index contributed by atoms with van der Waals surface area (Å²) in [6.45, 7) is 0. The average molecular weight is 327 g/mol. The van der Waals surface area contributed by atoms with Crippen molar-refractivity contribution in [2.45, 2.75) is 44.1 Å². The van der Waals surface area contributed by atoms with Crippen LogP contribution in [0.2, 0.25) is 10.0 Å². The van der Waals surface area contributed by atoms with Crippen molar-refractivity contribution in [3.05, 3.63) is 45.5 Å². The Morgan fingerprint density at radius 1 is 1.19 bits per heavy atom.